The van der Waals surface area contributed by atoms with Crippen LogP contribution in [0.25, 0.3) is 0 Å². The van der Waals surface area contributed by atoms with Crippen LogP contribution in [-0.4, -0.2) is 21.6 Å². The lowest BCUT2D eigenvalue weighted by Crippen LogP contribution is -2.24. The largest absolute Gasteiger partial charge is 0.351 e. The Labute approximate surface area is 118 Å². The molecule has 0 aliphatic carbocycles. The first-order valence-electron chi connectivity index (χ1n) is 5.83. The minimum Gasteiger partial charge on any atom is -0.351 e. The third-order valence-corrected chi connectivity index (χ3v) is 3.28. The van der Waals surface area contributed by atoms with Gasteiger partial charge < -0.3 is 10.3 Å². The lowest BCUT2D eigenvalue weighted by Gasteiger charge is -2.05. The Morgan fingerprint density at radius 1 is 1.30 bits per heavy atom. The van der Waals surface area contributed by atoms with Crippen LogP contribution in [0, 0.1) is 5.82 Å². The molecule has 7 heteroatoms. The van der Waals surface area contributed by atoms with Crippen molar-refractivity contribution in [2.24, 2.45) is 0 Å². The van der Waals surface area contributed by atoms with E-state index in [0.717, 1.165) is 17.3 Å². The summed E-state index contributed by atoms with van der Waals surface area (Å²) in [5.41, 5.74) is 0.560. The predicted octanol–water partition coefficient (Wildman–Crippen LogP) is 1.32. The van der Waals surface area contributed by atoms with Gasteiger partial charge in [-0.2, -0.15) is 0 Å². The molecule has 0 spiro atoms. The number of H-pyrrole nitrogens is 1. The molecule has 0 unspecified atom stereocenters. The quantitative estimate of drug-likeness (QED) is 0.644. The number of amides is 1. The summed E-state index contributed by atoms with van der Waals surface area (Å²) in [6, 6.07) is 7.21. The van der Waals surface area contributed by atoms with Crippen molar-refractivity contribution in [1.29, 1.82) is 0 Å². The molecule has 0 aliphatic heterocycles. The number of thioether (sulfide) groups is 1. The van der Waals surface area contributed by atoms with Crippen molar-refractivity contribution in [1.82, 2.24) is 15.3 Å². The highest BCUT2D eigenvalue weighted by Gasteiger charge is 2.04. The van der Waals surface area contributed by atoms with Gasteiger partial charge in [0.25, 0.3) is 5.56 Å². The minimum atomic E-state index is -0.310. The average Bonchev–Trinajstić information content (AvgIpc) is 2.45. The summed E-state index contributed by atoms with van der Waals surface area (Å²) in [6.45, 7) is 0.332. The molecule has 1 aromatic carbocycles. The predicted molar refractivity (Wildman–Crippen MR) is 73.8 cm³/mol. The highest BCUT2D eigenvalue weighted by molar-refractivity contribution is 7.99. The zero-order chi connectivity index (χ0) is 14.4. The highest BCUT2D eigenvalue weighted by atomic mass is 32.2. The second kappa shape index (κ2) is 6.85. The molecular weight excluding hydrogens is 281 g/mol. The van der Waals surface area contributed by atoms with Gasteiger partial charge >= 0.3 is 0 Å². The molecule has 0 fully saturated rings. The van der Waals surface area contributed by atoms with Crippen molar-refractivity contribution in [3.8, 4) is 0 Å². The van der Waals surface area contributed by atoms with E-state index in [2.05, 4.69) is 15.3 Å². The van der Waals surface area contributed by atoms with E-state index in [1.807, 2.05) is 0 Å². The van der Waals surface area contributed by atoms with Crippen LogP contribution in [0.15, 0.2) is 46.5 Å². The maximum absolute atomic E-state index is 12.7. The number of benzene rings is 1. The average molecular weight is 293 g/mol. The highest BCUT2D eigenvalue weighted by Crippen LogP contribution is 2.09. The molecular formula is C13H12FN3O2S. The van der Waals surface area contributed by atoms with Gasteiger partial charge in [-0.3, -0.25) is 9.59 Å². The Kier molecular flexibility index (Phi) is 4.89. The Hall–Kier alpha value is -2.15. The summed E-state index contributed by atoms with van der Waals surface area (Å²) in [4.78, 5) is 29.1. The van der Waals surface area contributed by atoms with Crippen LogP contribution in [-0.2, 0) is 11.3 Å². The monoisotopic (exact) mass is 293 g/mol. The number of carbonyl (C=O) groups is 1. The van der Waals surface area contributed by atoms with Crippen LogP contribution in [0.1, 0.15) is 5.56 Å². The summed E-state index contributed by atoms with van der Waals surface area (Å²) >= 11 is 1.14. The van der Waals surface area contributed by atoms with Gasteiger partial charge in [0.2, 0.25) is 5.91 Å². The van der Waals surface area contributed by atoms with Gasteiger partial charge in [-0.05, 0) is 17.7 Å². The van der Waals surface area contributed by atoms with Gasteiger partial charge in [0.05, 0.1) is 5.75 Å². The van der Waals surface area contributed by atoms with Crippen LogP contribution < -0.4 is 10.9 Å². The Bertz CT molecular complexity index is 643. The van der Waals surface area contributed by atoms with Crippen LogP contribution in [0.5, 0.6) is 0 Å². The SMILES string of the molecule is O=C(CSc1nccc(=O)[nH]1)NCc1ccc(F)cc1. The van der Waals surface area contributed by atoms with E-state index < -0.39 is 0 Å². The molecule has 0 radical (unpaired) electrons. The Morgan fingerprint density at radius 3 is 2.75 bits per heavy atom. The maximum Gasteiger partial charge on any atom is 0.251 e. The number of aromatic nitrogens is 2. The summed E-state index contributed by atoms with van der Waals surface area (Å²) in [5, 5.41) is 3.10. The molecule has 0 atom stereocenters. The molecule has 2 aromatic rings. The number of nitrogens with zero attached hydrogens (tertiary/aromatic N) is 1. The summed E-state index contributed by atoms with van der Waals surface area (Å²) in [6.07, 6.45) is 1.39. The van der Waals surface area contributed by atoms with Crippen molar-refractivity contribution < 1.29 is 9.18 Å². The molecule has 0 saturated heterocycles. The summed E-state index contributed by atoms with van der Waals surface area (Å²) in [7, 11) is 0. The van der Waals surface area contributed by atoms with E-state index in [0.29, 0.717) is 11.7 Å². The fourth-order valence-corrected chi connectivity index (χ4v) is 2.09. The number of aromatic amines is 1. The van der Waals surface area contributed by atoms with Gasteiger partial charge in [-0.25, -0.2) is 9.37 Å². The zero-order valence-electron chi connectivity index (χ0n) is 10.4. The van der Waals surface area contributed by atoms with E-state index in [1.165, 1.54) is 24.4 Å². The molecule has 0 aliphatic rings. The third-order valence-electron chi connectivity index (χ3n) is 2.39. The number of rotatable bonds is 5. The van der Waals surface area contributed by atoms with E-state index in [9.17, 15) is 14.0 Å². The maximum atomic E-state index is 12.7. The van der Waals surface area contributed by atoms with Crippen molar-refractivity contribution in [3.63, 3.8) is 0 Å². The van der Waals surface area contributed by atoms with Crippen LogP contribution in [0.3, 0.4) is 0 Å². The van der Waals surface area contributed by atoms with Crippen molar-refractivity contribution in [2.75, 3.05) is 5.75 Å². The zero-order valence-corrected chi connectivity index (χ0v) is 11.2. The second-order valence-corrected chi connectivity index (χ2v) is 4.90. The molecule has 20 heavy (non-hydrogen) atoms. The second-order valence-electron chi connectivity index (χ2n) is 3.93. The topological polar surface area (TPSA) is 74.8 Å². The summed E-state index contributed by atoms with van der Waals surface area (Å²) in [5.74, 6) is -0.353. The fourth-order valence-electron chi connectivity index (χ4n) is 1.41. The van der Waals surface area contributed by atoms with Crippen LogP contribution in [0.2, 0.25) is 0 Å². The number of hydrogen-bond acceptors (Lipinski definition) is 4. The van der Waals surface area contributed by atoms with Gasteiger partial charge in [-0.15, -0.1) is 0 Å². The molecule has 1 amide bonds. The van der Waals surface area contributed by atoms with Gasteiger partial charge in [0, 0.05) is 18.8 Å². The number of carbonyl (C=O) groups excluding carboxylic acids is 1. The molecule has 2 N–H and O–H groups in total. The third kappa shape index (κ3) is 4.51. The van der Waals surface area contributed by atoms with Crippen LogP contribution in [0.4, 0.5) is 4.39 Å². The minimum absolute atomic E-state index is 0.147. The molecule has 0 saturated carbocycles. The molecule has 2 rings (SSSR count). The number of hydrogen-bond donors (Lipinski definition) is 2. The van der Waals surface area contributed by atoms with Gasteiger partial charge in [-0.1, -0.05) is 23.9 Å². The van der Waals surface area contributed by atoms with Crippen LogP contribution >= 0.6 is 11.8 Å². The standard InChI is InChI=1S/C13H12FN3O2S/c14-10-3-1-9(2-4-10)7-16-12(19)8-20-13-15-6-5-11(18)17-13/h1-6H,7-8H2,(H,16,19)(H,15,17,18). The molecule has 0 bridgehead atoms. The molecule has 104 valence electrons. The summed E-state index contributed by atoms with van der Waals surface area (Å²) < 4.78 is 12.7. The molecule has 1 aromatic heterocycles. The van der Waals surface area contributed by atoms with Crippen molar-refractivity contribution >= 4 is 17.7 Å². The Morgan fingerprint density at radius 2 is 2.05 bits per heavy atom. The molecule has 5 nitrogen and oxygen atoms in total. The van der Waals surface area contributed by atoms with E-state index in [-0.39, 0.29) is 23.0 Å². The lowest BCUT2D eigenvalue weighted by molar-refractivity contribution is -0.118. The normalized spacial score (nSPS) is 10.2. The molecule has 1 heterocycles. The van der Waals surface area contributed by atoms with Gasteiger partial charge in [0.15, 0.2) is 5.16 Å². The smallest absolute Gasteiger partial charge is 0.251 e. The fraction of sp³-hybridized carbons (Fsp3) is 0.154. The van der Waals surface area contributed by atoms with E-state index in [4.69, 9.17) is 0 Å². The van der Waals surface area contributed by atoms with Crippen molar-refractivity contribution in [2.45, 2.75) is 11.7 Å². The van der Waals surface area contributed by atoms with E-state index >= 15 is 0 Å². The van der Waals surface area contributed by atoms with Gasteiger partial charge in [0.1, 0.15) is 5.82 Å². The number of nitrogens with one attached hydrogen (secondary N) is 2. The first kappa shape index (κ1) is 14.3. The first-order chi connectivity index (χ1) is 9.63. The van der Waals surface area contributed by atoms with E-state index in [1.54, 1.807) is 12.1 Å². The lowest BCUT2D eigenvalue weighted by atomic mass is 10.2. The first-order valence-corrected chi connectivity index (χ1v) is 6.81. The van der Waals surface area contributed by atoms with Crippen molar-refractivity contribution in [3.05, 3.63) is 58.3 Å². The Balaban J connectivity index is 1.78. The number of halogens is 1.